The molecule has 0 saturated carbocycles. The van der Waals surface area contributed by atoms with Crippen LogP contribution in [0.3, 0.4) is 0 Å². The van der Waals surface area contributed by atoms with Crippen molar-refractivity contribution in [1.82, 2.24) is 4.90 Å². The van der Waals surface area contributed by atoms with Crippen molar-refractivity contribution in [3.8, 4) is 5.75 Å². The Labute approximate surface area is 276 Å². The summed E-state index contributed by atoms with van der Waals surface area (Å²) in [5.74, 6) is -1.39. The number of imide groups is 1. The molecule has 0 bridgehead atoms. The van der Waals surface area contributed by atoms with E-state index in [4.69, 9.17) is 9.47 Å². The Balaban J connectivity index is 1.23. The van der Waals surface area contributed by atoms with Crippen molar-refractivity contribution in [3.63, 3.8) is 0 Å². The molecule has 0 unspecified atom stereocenters. The van der Waals surface area contributed by atoms with Gasteiger partial charge in [0.15, 0.2) is 0 Å². The van der Waals surface area contributed by atoms with E-state index in [9.17, 15) is 19.2 Å². The van der Waals surface area contributed by atoms with Crippen LogP contribution in [0.15, 0.2) is 109 Å². The smallest absolute Gasteiger partial charge is 0.345 e. The highest BCUT2D eigenvalue weighted by molar-refractivity contribution is 6.21. The first-order chi connectivity index (χ1) is 23.2. The van der Waals surface area contributed by atoms with Gasteiger partial charge in [0.2, 0.25) is 11.0 Å². The van der Waals surface area contributed by atoms with E-state index in [1.54, 1.807) is 50.2 Å². The van der Waals surface area contributed by atoms with Gasteiger partial charge in [-0.05, 0) is 72.5 Å². The second-order valence-corrected chi connectivity index (χ2v) is 11.9. The number of carbonyl (C=O) groups is 4. The van der Waals surface area contributed by atoms with Gasteiger partial charge in [-0.2, -0.15) is 4.57 Å². The fourth-order valence-electron chi connectivity index (χ4n) is 6.39. The lowest BCUT2D eigenvalue weighted by Gasteiger charge is -2.16. The van der Waals surface area contributed by atoms with E-state index < -0.39 is 11.9 Å². The van der Waals surface area contributed by atoms with Crippen molar-refractivity contribution in [3.05, 3.63) is 154 Å². The van der Waals surface area contributed by atoms with Gasteiger partial charge in [0.25, 0.3) is 11.8 Å². The van der Waals surface area contributed by atoms with Crippen LogP contribution in [-0.2, 0) is 24.9 Å². The Morgan fingerprint density at radius 2 is 1.27 bits per heavy atom. The van der Waals surface area contributed by atoms with Crippen LogP contribution in [0.1, 0.15) is 63.7 Å². The van der Waals surface area contributed by atoms with Crippen molar-refractivity contribution >= 4 is 45.6 Å². The average Bonchev–Trinajstić information content (AvgIpc) is 3.34. The molecule has 1 aliphatic rings. The molecule has 5 aromatic carbocycles. The van der Waals surface area contributed by atoms with E-state index in [2.05, 4.69) is 0 Å². The van der Waals surface area contributed by atoms with Crippen molar-refractivity contribution in [2.45, 2.75) is 27.0 Å². The van der Waals surface area contributed by atoms with Gasteiger partial charge < -0.3 is 9.47 Å². The first-order valence-electron chi connectivity index (χ1n) is 15.5. The molecule has 1 aromatic heterocycles. The second-order valence-electron chi connectivity index (χ2n) is 11.9. The number of carbonyl (C=O) groups excluding carboxylic acids is 4. The maximum atomic E-state index is 14.2. The molecule has 0 aliphatic carbocycles. The molecule has 7 rings (SSSR count). The first-order valence-corrected chi connectivity index (χ1v) is 15.5. The molecule has 0 fully saturated rings. The number of aryl methyl sites for hydroxylation is 3. The number of amides is 2. The Morgan fingerprint density at radius 1 is 0.667 bits per heavy atom. The van der Waals surface area contributed by atoms with Gasteiger partial charge >= 0.3 is 11.9 Å². The quantitative estimate of drug-likeness (QED) is 0.0630. The van der Waals surface area contributed by atoms with Crippen LogP contribution in [-0.4, -0.2) is 28.7 Å². The summed E-state index contributed by atoms with van der Waals surface area (Å²) in [5.41, 5.74) is 5.87. The van der Waals surface area contributed by atoms with Crippen molar-refractivity contribution in [2.24, 2.45) is 7.05 Å². The summed E-state index contributed by atoms with van der Waals surface area (Å²) in [6.45, 7) is 3.76. The van der Waals surface area contributed by atoms with Gasteiger partial charge in [0, 0.05) is 12.1 Å². The second kappa shape index (κ2) is 12.2. The molecule has 2 amide bonds. The molecule has 236 valence electrons. The van der Waals surface area contributed by atoms with Crippen LogP contribution in [0.4, 0.5) is 0 Å². The fourth-order valence-corrected chi connectivity index (χ4v) is 6.39. The number of hydrogen-bond donors (Lipinski definition) is 0. The summed E-state index contributed by atoms with van der Waals surface area (Å²) in [4.78, 5) is 54.5. The van der Waals surface area contributed by atoms with Crippen LogP contribution in [0.5, 0.6) is 5.75 Å². The summed E-state index contributed by atoms with van der Waals surface area (Å²) in [5, 5.41) is 1.30. The third-order valence-corrected chi connectivity index (χ3v) is 8.75. The van der Waals surface area contributed by atoms with E-state index in [1.807, 2.05) is 84.4 Å². The molecule has 6 aromatic rings. The van der Waals surface area contributed by atoms with Crippen LogP contribution in [0.25, 0.3) is 21.8 Å². The molecule has 1 aliphatic heterocycles. The van der Waals surface area contributed by atoms with Crippen LogP contribution >= 0.6 is 0 Å². The van der Waals surface area contributed by atoms with Crippen molar-refractivity contribution in [1.29, 1.82) is 0 Å². The van der Waals surface area contributed by atoms with Gasteiger partial charge in [-0.25, -0.2) is 9.59 Å². The number of nitrogens with zero attached hydrogens (tertiary/aromatic N) is 2. The monoisotopic (exact) mass is 635 g/mol. The number of para-hydroxylation sites is 1. The molecule has 0 radical (unpaired) electrons. The molecule has 0 N–H and O–H groups in total. The van der Waals surface area contributed by atoms with Crippen molar-refractivity contribution < 1.29 is 33.2 Å². The van der Waals surface area contributed by atoms with Gasteiger partial charge in [-0.3, -0.25) is 14.5 Å². The number of rotatable bonds is 7. The lowest BCUT2D eigenvalue weighted by atomic mass is 9.99. The van der Waals surface area contributed by atoms with Gasteiger partial charge in [0.1, 0.15) is 19.4 Å². The average molecular weight is 636 g/mol. The zero-order chi connectivity index (χ0) is 33.5. The minimum Gasteiger partial charge on any atom is -0.457 e. The maximum absolute atomic E-state index is 14.2. The predicted molar refractivity (Wildman–Crippen MR) is 180 cm³/mol. The topological polar surface area (TPSA) is 93.9 Å². The normalized spacial score (nSPS) is 12.4. The van der Waals surface area contributed by atoms with E-state index in [0.29, 0.717) is 55.5 Å². The van der Waals surface area contributed by atoms with E-state index >= 15 is 0 Å². The Bertz CT molecular complexity index is 2250. The molecular formula is C40H31N2O6+. The molecule has 0 atom stereocenters. The molecule has 0 spiro atoms. The van der Waals surface area contributed by atoms with Gasteiger partial charge in [0.05, 0.1) is 39.6 Å². The van der Waals surface area contributed by atoms with Crippen LogP contribution in [0, 0.1) is 13.8 Å². The third-order valence-electron chi connectivity index (χ3n) is 8.75. The number of fused-ring (bicyclic) bond motifs is 3. The Morgan fingerprint density at radius 3 is 1.96 bits per heavy atom. The zero-order valence-corrected chi connectivity index (χ0v) is 26.7. The predicted octanol–water partition coefficient (Wildman–Crippen LogP) is 6.81. The third kappa shape index (κ3) is 5.37. The number of hydrogen-bond acceptors (Lipinski definition) is 6. The van der Waals surface area contributed by atoms with E-state index in [0.717, 1.165) is 16.6 Å². The van der Waals surface area contributed by atoms with Crippen LogP contribution in [0.2, 0.25) is 0 Å². The number of aromatic nitrogens is 1. The number of benzene rings is 5. The molecule has 0 saturated heterocycles. The highest BCUT2D eigenvalue weighted by Gasteiger charge is 2.35. The summed E-state index contributed by atoms with van der Waals surface area (Å²) < 4.78 is 13.6. The zero-order valence-electron chi connectivity index (χ0n) is 26.7. The molecular weight excluding hydrogens is 604 g/mol. The number of esters is 2. The van der Waals surface area contributed by atoms with E-state index in [-0.39, 0.29) is 25.0 Å². The van der Waals surface area contributed by atoms with E-state index in [1.165, 1.54) is 4.90 Å². The lowest BCUT2D eigenvalue weighted by molar-refractivity contribution is -0.617. The minimum atomic E-state index is -0.569. The minimum absolute atomic E-state index is 0.0490. The Kier molecular flexibility index (Phi) is 7.77. The summed E-state index contributed by atoms with van der Waals surface area (Å²) >= 11 is 0. The number of pyridine rings is 1. The summed E-state index contributed by atoms with van der Waals surface area (Å²) in [6, 6.07) is 32.7. The van der Waals surface area contributed by atoms with Crippen LogP contribution < -0.4 is 9.30 Å². The van der Waals surface area contributed by atoms with Gasteiger partial charge in [-0.15, -0.1) is 0 Å². The number of ether oxygens (including phenoxy) is 2. The summed E-state index contributed by atoms with van der Waals surface area (Å²) in [7, 11) is 1.92. The summed E-state index contributed by atoms with van der Waals surface area (Å²) in [6.07, 6.45) is 0. The largest absolute Gasteiger partial charge is 0.457 e. The molecule has 2 heterocycles. The highest BCUT2D eigenvalue weighted by atomic mass is 16.5. The SMILES string of the molecule is Cc1cc(C(=O)OCc2ccccc2)cc(C)c1OC(=O)c1c2ccccc2[n+](C)c2ccc(CN3C(=O)c4ccccc4C3=O)cc12. The lowest BCUT2D eigenvalue weighted by Crippen LogP contribution is -2.32. The first kappa shape index (κ1) is 30.5. The molecule has 8 heteroatoms. The fraction of sp³-hybridized carbons (Fsp3) is 0.125. The van der Waals surface area contributed by atoms with Crippen molar-refractivity contribution in [2.75, 3.05) is 0 Å². The maximum Gasteiger partial charge on any atom is 0.345 e. The molecule has 8 nitrogen and oxygen atoms in total. The highest BCUT2D eigenvalue weighted by Crippen LogP contribution is 2.32. The van der Waals surface area contributed by atoms with Gasteiger partial charge in [-0.1, -0.05) is 60.7 Å². The standard InChI is InChI=1S/C40H31N2O6/c1-24-19-28(39(45)47-23-26-11-5-4-6-12-26)20-25(2)36(24)48-40(46)35-31-15-9-10-16-33(31)41(3)34-18-17-27(21-32(34)35)22-42-37(43)29-13-7-8-14-30(29)38(42)44/h4-21H,22-23H2,1-3H3/q+1. The molecule has 48 heavy (non-hydrogen) atoms. The Hall–Kier alpha value is -6.15.